The number of nitrogens with zero attached hydrogens (tertiary/aromatic N) is 2. The molecule has 26 heavy (non-hydrogen) atoms. The number of hydrogen-bond donors (Lipinski definition) is 2. The molecule has 1 amide bonds. The highest BCUT2D eigenvalue weighted by atomic mass is 32.2. The number of carbonyl (C=O) groups is 1. The molecule has 0 bridgehead atoms. The zero-order valence-corrected chi connectivity index (χ0v) is 16.2. The number of aromatic amines is 1. The molecule has 0 fully saturated rings. The van der Waals surface area contributed by atoms with Crippen LogP contribution in [-0.2, 0) is 21.2 Å². The smallest absolute Gasteiger partial charge is 0.245 e. The highest BCUT2D eigenvalue weighted by Gasteiger charge is 2.36. The fraction of sp³-hybridized carbons (Fsp3) is 0.444. The third-order valence-electron chi connectivity index (χ3n) is 4.70. The minimum Gasteiger partial charge on any atom is -0.310 e. The summed E-state index contributed by atoms with van der Waals surface area (Å²) in [6.45, 7) is 7.51. The lowest BCUT2D eigenvalue weighted by Gasteiger charge is -2.27. The molecule has 0 radical (unpaired) electrons. The largest absolute Gasteiger partial charge is 0.310 e. The van der Waals surface area contributed by atoms with Crippen LogP contribution in [0.15, 0.2) is 29.2 Å². The van der Waals surface area contributed by atoms with Crippen LogP contribution in [0, 0.1) is 19.8 Å². The number of sulfonamides is 1. The van der Waals surface area contributed by atoms with E-state index in [4.69, 9.17) is 0 Å². The summed E-state index contributed by atoms with van der Waals surface area (Å²) in [6, 6.07) is 6.88. The summed E-state index contributed by atoms with van der Waals surface area (Å²) in [4.78, 5) is 14.9. The third kappa shape index (κ3) is 3.26. The molecule has 3 rings (SSSR count). The highest BCUT2D eigenvalue weighted by molar-refractivity contribution is 7.89. The Morgan fingerprint density at radius 2 is 1.96 bits per heavy atom. The highest BCUT2D eigenvalue weighted by Crippen LogP contribution is 2.29. The molecule has 8 heteroatoms. The quantitative estimate of drug-likeness (QED) is 0.833. The average Bonchev–Trinajstić information content (AvgIpc) is 3.15. The van der Waals surface area contributed by atoms with E-state index in [1.165, 1.54) is 0 Å². The Bertz CT molecular complexity index is 914. The molecular formula is C18H24N4O3S. The molecule has 2 aromatic rings. The fourth-order valence-corrected chi connectivity index (χ4v) is 5.08. The number of aryl methyl sites for hydroxylation is 2. The topological polar surface area (TPSA) is 95.2 Å². The monoisotopic (exact) mass is 376 g/mol. The minimum atomic E-state index is -3.87. The average molecular weight is 376 g/mol. The van der Waals surface area contributed by atoms with E-state index in [0.29, 0.717) is 17.9 Å². The van der Waals surface area contributed by atoms with Crippen LogP contribution in [0.25, 0.3) is 0 Å². The van der Waals surface area contributed by atoms with Gasteiger partial charge in [0.1, 0.15) is 10.9 Å². The van der Waals surface area contributed by atoms with Gasteiger partial charge >= 0.3 is 0 Å². The van der Waals surface area contributed by atoms with Gasteiger partial charge < -0.3 is 4.90 Å². The van der Waals surface area contributed by atoms with Crippen LogP contribution in [0.5, 0.6) is 0 Å². The van der Waals surface area contributed by atoms with E-state index in [9.17, 15) is 13.2 Å². The number of benzene rings is 1. The van der Waals surface area contributed by atoms with E-state index in [2.05, 4.69) is 14.9 Å². The first-order valence-corrected chi connectivity index (χ1v) is 10.1. The maximum Gasteiger partial charge on any atom is 0.245 e. The SMILES string of the molecule is Cc1n[nH]c(C)c1S(=O)(=O)N[C@H](C(=O)N1CCc2ccccc21)C(C)C. The van der Waals surface area contributed by atoms with Crippen molar-refractivity contribution in [1.29, 1.82) is 0 Å². The number of amides is 1. The number of hydrogen-bond acceptors (Lipinski definition) is 4. The van der Waals surface area contributed by atoms with Crippen molar-refractivity contribution < 1.29 is 13.2 Å². The molecule has 0 saturated carbocycles. The van der Waals surface area contributed by atoms with Gasteiger partial charge in [0, 0.05) is 12.2 Å². The van der Waals surface area contributed by atoms with Crippen LogP contribution in [0.1, 0.15) is 30.8 Å². The molecular weight excluding hydrogens is 352 g/mol. The van der Waals surface area contributed by atoms with E-state index in [1.54, 1.807) is 18.7 Å². The first-order chi connectivity index (χ1) is 12.2. The van der Waals surface area contributed by atoms with E-state index < -0.39 is 16.1 Å². The summed E-state index contributed by atoms with van der Waals surface area (Å²) in [5, 5.41) is 6.63. The molecule has 1 aromatic heterocycles. The molecule has 1 atom stereocenters. The van der Waals surface area contributed by atoms with Gasteiger partial charge in [-0.15, -0.1) is 0 Å². The van der Waals surface area contributed by atoms with Crippen molar-refractivity contribution in [3.63, 3.8) is 0 Å². The standard InChI is InChI=1S/C18H24N4O3S/c1-11(2)16(21-26(24,25)17-12(3)19-20-13(17)4)18(23)22-10-9-14-7-5-6-8-15(14)22/h5-8,11,16,21H,9-10H2,1-4H3,(H,19,20)/t16-/m0/s1. The van der Waals surface area contributed by atoms with Crippen LogP contribution >= 0.6 is 0 Å². The van der Waals surface area contributed by atoms with Crippen molar-refractivity contribution in [2.45, 2.75) is 45.1 Å². The predicted octanol–water partition coefficient (Wildman–Crippen LogP) is 1.92. The number of fused-ring (bicyclic) bond motifs is 1. The van der Waals surface area contributed by atoms with Gasteiger partial charge in [-0.1, -0.05) is 32.0 Å². The zero-order valence-electron chi connectivity index (χ0n) is 15.4. The lowest BCUT2D eigenvalue weighted by molar-refractivity contribution is -0.121. The van der Waals surface area contributed by atoms with Crippen LogP contribution in [0.2, 0.25) is 0 Å². The molecule has 2 N–H and O–H groups in total. The van der Waals surface area contributed by atoms with Crippen LogP contribution in [-0.4, -0.2) is 37.1 Å². The molecule has 0 unspecified atom stereocenters. The maximum atomic E-state index is 13.1. The maximum absolute atomic E-state index is 13.1. The molecule has 0 spiro atoms. The molecule has 7 nitrogen and oxygen atoms in total. The Labute approximate surface area is 153 Å². The third-order valence-corrected chi connectivity index (χ3v) is 6.40. The molecule has 1 aliphatic heterocycles. The second-order valence-corrected chi connectivity index (χ2v) is 8.63. The van der Waals surface area contributed by atoms with E-state index >= 15 is 0 Å². The fourth-order valence-electron chi connectivity index (χ4n) is 3.37. The van der Waals surface area contributed by atoms with Crippen LogP contribution < -0.4 is 9.62 Å². The lowest BCUT2D eigenvalue weighted by Crippen LogP contribution is -2.51. The number of anilines is 1. The Balaban J connectivity index is 1.90. The van der Waals surface area contributed by atoms with Gasteiger partial charge in [0.2, 0.25) is 15.9 Å². The molecule has 1 aromatic carbocycles. The summed E-state index contributed by atoms with van der Waals surface area (Å²) < 4.78 is 28.4. The van der Waals surface area contributed by atoms with Crippen LogP contribution in [0.4, 0.5) is 5.69 Å². The van der Waals surface area contributed by atoms with Gasteiger partial charge in [-0.05, 0) is 37.8 Å². The summed E-state index contributed by atoms with van der Waals surface area (Å²) in [5.41, 5.74) is 2.80. The molecule has 1 aliphatic rings. The number of para-hydroxylation sites is 1. The van der Waals surface area contributed by atoms with Gasteiger partial charge in [-0.25, -0.2) is 8.42 Å². The number of carbonyl (C=O) groups excluding carboxylic acids is 1. The number of nitrogens with one attached hydrogen (secondary N) is 2. The van der Waals surface area contributed by atoms with Gasteiger partial charge in [-0.2, -0.15) is 9.82 Å². The summed E-state index contributed by atoms with van der Waals surface area (Å²) in [5.74, 6) is -0.426. The second kappa shape index (κ2) is 6.85. The predicted molar refractivity (Wildman–Crippen MR) is 99.5 cm³/mol. The van der Waals surface area contributed by atoms with E-state index in [-0.39, 0.29) is 16.7 Å². The molecule has 0 aliphatic carbocycles. The second-order valence-electron chi connectivity index (χ2n) is 6.97. The summed E-state index contributed by atoms with van der Waals surface area (Å²) in [7, 11) is -3.87. The Kier molecular flexibility index (Phi) is 4.90. The van der Waals surface area contributed by atoms with Crippen LogP contribution in [0.3, 0.4) is 0 Å². The van der Waals surface area contributed by atoms with Crippen molar-refractivity contribution in [3.8, 4) is 0 Å². The number of H-pyrrole nitrogens is 1. The Hall–Kier alpha value is -2.19. The zero-order chi connectivity index (χ0) is 19.1. The van der Waals surface area contributed by atoms with Gasteiger partial charge in [-0.3, -0.25) is 9.89 Å². The van der Waals surface area contributed by atoms with Gasteiger partial charge in [0.05, 0.1) is 11.4 Å². The molecule has 0 saturated heterocycles. The van der Waals surface area contributed by atoms with Gasteiger partial charge in [0.15, 0.2) is 0 Å². The lowest BCUT2D eigenvalue weighted by atomic mass is 10.0. The van der Waals surface area contributed by atoms with Crippen molar-refractivity contribution in [2.24, 2.45) is 5.92 Å². The Morgan fingerprint density at radius 1 is 1.27 bits per heavy atom. The number of aromatic nitrogens is 2. The van der Waals surface area contributed by atoms with E-state index in [0.717, 1.165) is 17.7 Å². The van der Waals surface area contributed by atoms with Gasteiger partial charge in [0.25, 0.3) is 0 Å². The molecule has 2 heterocycles. The first kappa shape index (κ1) is 18.6. The van der Waals surface area contributed by atoms with E-state index in [1.807, 2.05) is 38.1 Å². The minimum absolute atomic E-state index is 0.109. The normalized spacial score (nSPS) is 15.3. The summed E-state index contributed by atoms with van der Waals surface area (Å²) in [6.07, 6.45) is 0.777. The summed E-state index contributed by atoms with van der Waals surface area (Å²) >= 11 is 0. The molecule has 140 valence electrons. The van der Waals surface area contributed by atoms with Crippen molar-refractivity contribution in [3.05, 3.63) is 41.2 Å². The number of rotatable bonds is 5. The Morgan fingerprint density at radius 3 is 2.58 bits per heavy atom. The van der Waals surface area contributed by atoms with Crippen molar-refractivity contribution in [1.82, 2.24) is 14.9 Å². The first-order valence-electron chi connectivity index (χ1n) is 8.65. The van der Waals surface area contributed by atoms with Crippen molar-refractivity contribution in [2.75, 3.05) is 11.4 Å². The van der Waals surface area contributed by atoms with Crippen molar-refractivity contribution >= 4 is 21.6 Å².